The zero-order chi connectivity index (χ0) is 14.1. The summed E-state index contributed by atoms with van der Waals surface area (Å²) in [7, 11) is 0. The van der Waals surface area contributed by atoms with Gasteiger partial charge in [-0.25, -0.2) is 0 Å². The van der Waals surface area contributed by atoms with Crippen LogP contribution < -0.4 is 5.73 Å². The van der Waals surface area contributed by atoms with E-state index in [4.69, 9.17) is 5.73 Å². The summed E-state index contributed by atoms with van der Waals surface area (Å²) in [5.74, 6) is -0.800. The summed E-state index contributed by atoms with van der Waals surface area (Å²) < 4.78 is 73.1. The number of phenolic OH excluding ortho intramolecular Hbond substituents is 1. The fraction of sp³-hybridized carbons (Fsp3) is 0.333. The van der Waals surface area contributed by atoms with Crippen LogP contribution in [0.15, 0.2) is 23.1 Å². The first kappa shape index (κ1) is 18.2. The molecule has 0 spiro atoms. The van der Waals surface area contributed by atoms with Gasteiger partial charge in [0.2, 0.25) is 0 Å². The summed E-state index contributed by atoms with van der Waals surface area (Å²) in [6.45, 7) is 0. The number of rotatable bonds is 2. The Morgan fingerprint density at radius 2 is 1.63 bits per heavy atom. The lowest BCUT2D eigenvalue weighted by Gasteiger charge is -2.18. The monoisotopic (exact) mass is 327 g/mol. The Balaban J connectivity index is 0.00000324. The first-order valence-electron chi connectivity index (χ1n) is 4.41. The highest BCUT2D eigenvalue weighted by atomic mass is 35.5. The molecule has 0 aliphatic carbocycles. The maximum atomic E-state index is 12.3. The molecule has 19 heavy (non-hydrogen) atoms. The minimum absolute atomic E-state index is 0. The van der Waals surface area contributed by atoms with Gasteiger partial charge in [0, 0.05) is 10.5 Å². The fourth-order valence-corrected chi connectivity index (χ4v) is 1.74. The Hall–Kier alpha value is -0.800. The van der Waals surface area contributed by atoms with Gasteiger partial charge < -0.3 is 10.8 Å². The molecule has 0 aromatic heterocycles. The molecule has 3 N–H and O–H groups in total. The van der Waals surface area contributed by atoms with E-state index in [9.17, 15) is 31.4 Å². The normalized spacial score (nSPS) is 13.8. The van der Waals surface area contributed by atoms with E-state index in [-0.39, 0.29) is 12.4 Å². The van der Waals surface area contributed by atoms with Crippen molar-refractivity contribution < 1.29 is 31.4 Å². The predicted octanol–water partition coefficient (Wildman–Crippen LogP) is 3.99. The molecule has 0 bridgehead atoms. The first-order chi connectivity index (χ1) is 8.00. The third kappa shape index (κ3) is 5.37. The van der Waals surface area contributed by atoms with E-state index in [0.29, 0.717) is 6.07 Å². The third-order valence-electron chi connectivity index (χ3n) is 1.92. The maximum absolute atomic E-state index is 12.3. The molecule has 1 rings (SSSR count). The smallest absolute Gasteiger partial charge is 0.446 e. The summed E-state index contributed by atoms with van der Waals surface area (Å²) in [4.78, 5) is -0.477. The van der Waals surface area contributed by atoms with E-state index in [2.05, 4.69) is 0 Å². The summed E-state index contributed by atoms with van der Waals surface area (Å²) in [5, 5.41) is 9.20. The van der Waals surface area contributed by atoms with E-state index in [1.54, 1.807) is 0 Å². The molecule has 0 unspecified atom stereocenters. The van der Waals surface area contributed by atoms with Crippen LogP contribution in [0.4, 0.5) is 26.3 Å². The number of thioether (sulfide) groups is 1. The second-order valence-electron chi connectivity index (χ2n) is 3.29. The highest BCUT2D eigenvalue weighted by Crippen LogP contribution is 2.41. The van der Waals surface area contributed by atoms with Crippen molar-refractivity contribution in [1.29, 1.82) is 0 Å². The quantitative estimate of drug-likeness (QED) is 0.638. The molecule has 1 atom stereocenters. The lowest BCUT2D eigenvalue weighted by molar-refractivity contribution is -0.149. The zero-order valence-corrected chi connectivity index (χ0v) is 10.6. The largest absolute Gasteiger partial charge is 0.508 e. The standard InChI is InChI=1S/C9H7F6NOS.ClH/c10-8(11,12)7(16)5-3-4(1-2-6(5)17)18-9(13,14)15;/h1-3,7,17H,16H2;1H/t7-;/m0./s1. The second-order valence-corrected chi connectivity index (χ2v) is 4.43. The Morgan fingerprint density at radius 3 is 2.05 bits per heavy atom. The Bertz CT molecular complexity index is 436. The molecule has 1 aromatic carbocycles. The van der Waals surface area contributed by atoms with E-state index in [1.165, 1.54) is 0 Å². The Morgan fingerprint density at radius 1 is 1.11 bits per heavy atom. The summed E-state index contributed by atoms with van der Waals surface area (Å²) in [5.41, 5.74) is -0.593. The highest BCUT2D eigenvalue weighted by molar-refractivity contribution is 8.00. The van der Waals surface area contributed by atoms with E-state index >= 15 is 0 Å². The van der Waals surface area contributed by atoms with Gasteiger partial charge >= 0.3 is 11.7 Å². The number of benzene rings is 1. The molecule has 0 radical (unpaired) electrons. The lowest BCUT2D eigenvalue weighted by atomic mass is 10.1. The number of phenols is 1. The van der Waals surface area contributed by atoms with Crippen LogP contribution in [-0.2, 0) is 0 Å². The highest BCUT2D eigenvalue weighted by Gasteiger charge is 2.39. The zero-order valence-electron chi connectivity index (χ0n) is 8.92. The number of hydrogen-bond acceptors (Lipinski definition) is 3. The average molecular weight is 328 g/mol. The lowest BCUT2D eigenvalue weighted by Crippen LogP contribution is -2.28. The number of halogens is 7. The van der Waals surface area contributed by atoms with Gasteiger partial charge in [-0.1, -0.05) is 0 Å². The van der Waals surface area contributed by atoms with Crippen LogP contribution in [0.2, 0.25) is 0 Å². The minimum Gasteiger partial charge on any atom is -0.508 e. The van der Waals surface area contributed by atoms with Crippen molar-refractivity contribution in [3.63, 3.8) is 0 Å². The fourth-order valence-electron chi connectivity index (χ4n) is 1.16. The Kier molecular flexibility index (Phi) is 5.84. The van der Waals surface area contributed by atoms with Crippen molar-refractivity contribution in [3.05, 3.63) is 23.8 Å². The van der Waals surface area contributed by atoms with Gasteiger partial charge in [0.25, 0.3) is 0 Å². The van der Waals surface area contributed by atoms with Crippen molar-refractivity contribution in [3.8, 4) is 5.75 Å². The molecular formula is C9H8ClF6NOS. The summed E-state index contributed by atoms with van der Waals surface area (Å²) >= 11 is -0.582. The summed E-state index contributed by atoms with van der Waals surface area (Å²) in [6, 6.07) is -0.355. The van der Waals surface area contributed by atoms with Gasteiger partial charge in [0.15, 0.2) is 0 Å². The van der Waals surface area contributed by atoms with Crippen LogP contribution in [0, 0.1) is 0 Å². The van der Waals surface area contributed by atoms with Crippen LogP contribution in [0.1, 0.15) is 11.6 Å². The third-order valence-corrected chi connectivity index (χ3v) is 2.64. The average Bonchev–Trinajstić information content (AvgIpc) is 2.16. The number of nitrogens with two attached hydrogens (primary N) is 1. The van der Waals surface area contributed by atoms with Crippen molar-refractivity contribution in [1.82, 2.24) is 0 Å². The molecular weight excluding hydrogens is 320 g/mol. The van der Waals surface area contributed by atoms with Crippen molar-refractivity contribution in [2.75, 3.05) is 0 Å². The molecule has 2 nitrogen and oxygen atoms in total. The molecule has 1 aromatic rings. The van der Waals surface area contributed by atoms with Gasteiger partial charge in [0.05, 0.1) is 0 Å². The van der Waals surface area contributed by atoms with E-state index in [1.807, 2.05) is 0 Å². The molecule has 0 heterocycles. The van der Waals surface area contributed by atoms with Gasteiger partial charge in [0.1, 0.15) is 11.8 Å². The van der Waals surface area contributed by atoms with Crippen LogP contribution in [0.3, 0.4) is 0 Å². The predicted molar refractivity (Wildman–Crippen MR) is 60.3 cm³/mol. The molecule has 0 amide bonds. The van der Waals surface area contributed by atoms with Crippen molar-refractivity contribution in [2.24, 2.45) is 5.73 Å². The van der Waals surface area contributed by atoms with Crippen LogP contribution >= 0.6 is 24.2 Å². The summed E-state index contributed by atoms with van der Waals surface area (Å²) in [6.07, 6.45) is -4.85. The molecule has 110 valence electrons. The maximum Gasteiger partial charge on any atom is 0.446 e. The van der Waals surface area contributed by atoms with Crippen molar-refractivity contribution in [2.45, 2.75) is 22.6 Å². The number of hydrogen-bond donors (Lipinski definition) is 2. The van der Waals surface area contributed by atoms with E-state index < -0.39 is 45.7 Å². The number of aromatic hydroxyl groups is 1. The van der Waals surface area contributed by atoms with Crippen LogP contribution in [0.5, 0.6) is 5.75 Å². The first-order valence-corrected chi connectivity index (χ1v) is 5.23. The minimum atomic E-state index is -4.85. The van der Waals surface area contributed by atoms with E-state index in [0.717, 1.165) is 12.1 Å². The van der Waals surface area contributed by atoms with Crippen LogP contribution in [-0.4, -0.2) is 16.8 Å². The van der Waals surface area contributed by atoms with Gasteiger partial charge in [-0.05, 0) is 30.0 Å². The van der Waals surface area contributed by atoms with Gasteiger partial charge in [-0.2, -0.15) is 26.3 Å². The second kappa shape index (κ2) is 6.10. The number of alkyl halides is 6. The van der Waals surface area contributed by atoms with Gasteiger partial charge in [-0.15, -0.1) is 12.4 Å². The van der Waals surface area contributed by atoms with Crippen LogP contribution in [0.25, 0.3) is 0 Å². The van der Waals surface area contributed by atoms with Crippen molar-refractivity contribution >= 4 is 24.2 Å². The molecule has 0 fully saturated rings. The molecule has 0 saturated heterocycles. The molecule has 0 aliphatic rings. The topological polar surface area (TPSA) is 46.2 Å². The molecule has 10 heteroatoms. The SMILES string of the molecule is Cl.N[C@@H](c1cc(SC(F)(F)F)ccc1O)C(F)(F)F. The molecule has 0 saturated carbocycles. The van der Waals surface area contributed by atoms with Gasteiger partial charge in [-0.3, -0.25) is 0 Å². The Labute approximate surface area is 114 Å². The molecule has 0 aliphatic heterocycles.